The first kappa shape index (κ1) is 31.2. The highest BCUT2D eigenvalue weighted by Gasteiger charge is 2.14. The summed E-state index contributed by atoms with van der Waals surface area (Å²) >= 11 is -2.16. The summed E-state index contributed by atoms with van der Waals surface area (Å²) in [6, 6.07) is 5.36. The SMILES string of the molecule is O=S(O)c1c2cccc1COCCOCCOCCOCCOCCOCCOCCOCCOC2. The lowest BCUT2D eigenvalue weighted by Crippen LogP contribution is -2.15. The second kappa shape index (κ2) is 22.0. The van der Waals surface area contributed by atoms with Crippen LogP contribution in [0.25, 0.3) is 0 Å². The van der Waals surface area contributed by atoms with Crippen molar-refractivity contribution in [3.63, 3.8) is 0 Å². The molecule has 1 aromatic carbocycles. The van der Waals surface area contributed by atoms with Crippen LogP contribution in [-0.2, 0) is 66.9 Å². The van der Waals surface area contributed by atoms with Gasteiger partial charge in [-0.25, -0.2) is 4.21 Å². The lowest BCUT2D eigenvalue weighted by molar-refractivity contribution is -0.0260. The molecule has 0 radical (unpaired) electrons. The molecule has 0 fully saturated rings. The van der Waals surface area contributed by atoms with Crippen molar-refractivity contribution in [2.75, 3.05) is 106 Å². The van der Waals surface area contributed by atoms with Crippen LogP contribution in [-0.4, -0.2) is 114 Å². The van der Waals surface area contributed by atoms with Gasteiger partial charge >= 0.3 is 0 Å². The number of rotatable bonds is 1. The fraction of sp³-hybridized carbons (Fsp3) is 0.750. The minimum Gasteiger partial charge on any atom is -0.377 e. The Kier molecular flexibility index (Phi) is 19.1. The summed E-state index contributed by atoms with van der Waals surface area (Å²) < 4.78 is 71.3. The van der Waals surface area contributed by atoms with Crippen LogP contribution >= 0.6 is 0 Å². The van der Waals surface area contributed by atoms with Crippen LogP contribution in [0.2, 0.25) is 0 Å². The van der Waals surface area contributed by atoms with Crippen molar-refractivity contribution in [2.45, 2.75) is 18.1 Å². The minimum absolute atomic E-state index is 0.199. The Morgan fingerprint density at radius 2 is 0.722 bits per heavy atom. The molecule has 0 spiro atoms. The zero-order valence-corrected chi connectivity index (χ0v) is 21.7. The predicted molar refractivity (Wildman–Crippen MR) is 131 cm³/mol. The van der Waals surface area contributed by atoms with Crippen molar-refractivity contribution in [3.8, 4) is 0 Å². The third-order valence-electron chi connectivity index (χ3n) is 4.84. The molecule has 0 aliphatic carbocycles. The first-order chi connectivity index (χ1) is 17.8. The summed E-state index contributed by atoms with van der Waals surface area (Å²) in [6.45, 7) is 7.65. The summed E-state index contributed by atoms with van der Waals surface area (Å²) in [5, 5.41) is 0. The van der Waals surface area contributed by atoms with Crippen LogP contribution in [0.3, 0.4) is 0 Å². The number of fused-ring (bicyclic) bond motifs is 2. The average molecular weight is 537 g/mol. The van der Waals surface area contributed by atoms with Crippen LogP contribution in [0.4, 0.5) is 0 Å². The second-order valence-electron chi connectivity index (χ2n) is 7.55. The Hall–Kier alpha value is -1.03. The fourth-order valence-electron chi connectivity index (χ4n) is 3.11. The molecular formula is C24H40O11S. The molecule has 1 atom stereocenters. The highest BCUT2D eigenvalue weighted by Crippen LogP contribution is 2.20. The summed E-state index contributed by atoms with van der Waals surface area (Å²) in [5.41, 5.74) is 1.28. The van der Waals surface area contributed by atoms with Crippen LogP contribution in [0.15, 0.2) is 23.1 Å². The fourth-order valence-corrected chi connectivity index (χ4v) is 3.81. The Balaban J connectivity index is 1.74. The molecule has 12 heteroatoms. The van der Waals surface area contributed by atoms with Crippen LogP contribution < -0.4 is 0 Å². The molecule has 0 saturated heterocycles. The van der Waals surface area contributed by atoms with E-state index in [4.69, 9.17) is 42.6 Å². The molecule has 2 rings (SSSR count). The van der Waals surface area contributed by atoms with Crippen molar-refractivity contribution in [2.24, 2.45) is 0 Å². The highest BCUT2D eigenvalue weighted by atomic mass is 32.2. The molecule has 1 aliphatic rings. The quantitative estimate of drug-likeness (QED) is 0.525. The first-order valence-corrected chi connectivity index (χ1v) is 13.3. The topological polar surface area (TPSA) is 120 Å². The Morgan fingerprint density at radius 3 is 0.972 bits per heavy atom. The largest absolute Gasteiger partial charge is 0.377 e. The number of hydrogen-bond donors (Lipinski definition) is 1. The van der Waals surface area contributed by atoms with Gasteiger partial charge < -0.3 is 47.2 Å². The number of ether oxygens (including phenoxy) is 9. The van der Waals surface area contributed by atoms with E-state index in [-0.39, 0.29) is 13.2 Å². The van der Waals surface area contributed by atoms with E-state index in [0.29, 0.717) is 122 Å². The Labute approximate surface area is 215 Å². The molecule has 36 heavy (non-hydrogen) atoms. The van der Waals surface area contributed by atoms with Gasteiger partial charge in [0, 0.05) is 0 Å². The zero-order valence-electron chi connectivity index (χ0n) is 20.9. The van der Waals surface area contributed by atoms with E-state index in [2.05, 4.69) is 0 Å². The Bertz CT molecular complexity index is 646. The van der Waals surface area contributed by atoms with Gasteiger partial charge in [0.1, 0.15) is 0 Å². The molecule has 1 aliphatic heterocycles. The molecule has 0 aromatic heterocycles. The number of benzene rings is 1. The van der Waals surface area contributed by atoms with E-state index in [9.17, 15) is 8.76 Å². The van der Waals surface area contributed by atoms with E-state index >= 15 is 0 Å². The van der Waals surface area contributed by atoms with Gasteiger partial charge in [-0.15, -0.1) is 0 Å². The van der Waals surface area contributed by atoms with E-state index in [1.54, 1.807) is 12.1 Å². The third-order valence-corrected chi connectivity index (χ3v) is 5.72. The van der Waals surface area contributed by atoms with Gasteiger partial charge in [-0.2, -0.15) is 0 Å². The van der Waals surface area contributed by atoms with Gasteiger partial charge in [-0.05, 0) is 11.1 Å². The van der Waals surface area contributed by atoms with Gasteiger partial charge in [0.2, 0.25) is 0 Å². The first-order valence-electron chi connectivity index (χ1n) is 12.2. The van der Waals surface area contributed by atoms with Crippen molar-refractivity contribution in [1.29, 1.82) is 0 Å². The van der Waals surface area contributed by atoms with Crippen LogP contribution in [0.1, 0.15) is 11.1 Å². The summed E-state index contributed by atoms with van der Waals surface area (Å²) in [4.78, 5) is 0.316. The van der Waals surface area contributed by atoms with Crippen molar-refractivity contribution < 1.29 is 51.4 Å². The normalized spacial score (nSPS) is 21.8. The van der Waals surface area contributed by atoms with Gasteiger partial charge in [-0.3, -0.25) is 0 Å². The summed E-state index contributed by atoms with van der Waals surface area (Å²) in [7, 11) is 0. The molecule has 0 amide bonds. The maximum absolute atomic E-state index is 12.0. The molecule has 0 saturated carbocycles. The molecule has 208 valence electrons. The van der Waals surface area contributed by atoms with E-state index in [0.717, 1.165) is 0 Å². The second-order valence-corrected chi connectivity index (χ2v) is 8.45. The van der Waals surface area contributed by atoms with E-state index in [1.807, 2.05) is 6.07 Å². The standard InChI is InChI=1S/C24H40O11S/c25-36(26)24-22-2-1-3-23(24)21-35-19-17-33-15-13-31-11-9-29-7-5-27-4-6-28-8-10-30-12-14-32-16-18-34-20-22/h1-3H,4-21H2,(H,25,26). The molecule has 11 nitrogen and oxygen atoms in total. The van der Waals surface area contributed by atoms with Crippen LogP contribution in [0.5, 0.6) is 0 Å². The average Bonchev–Trinajstić information content (AvgIpc) is 2.87. The minimum atomic E-state index is -2.16. The van der Waals surface area contributed by atoms with Gasteiger partial charge in [-0.1, -0.05) is 18.2 Å². The molecular weight excluding hydrogens is 496 g/mol. The van der Waals surface area contributed by atoms with Crippen molar-refractivity contribution in [3.05, 3.63) is 29.3 Å². The van der Waals surface area contributed by atoms with Gasteiger partial charge in [0.05, 0.1) is 124 Å². The smallest absolute Gasteiger partial charge is 0.187 e. The van der Waals surface area contributed by atoms with E-state index < -0.39 is 11.1 Å². The van der Waals surface area contributed by atoms with Crippen LogP contribution in [0, 0.1) is 0 Å². The predicted octanol–water partition coefficient (Wildman–Crippen LogP) is 1.43. The monoisotopic (exact) mass is 536 g/mol. The maximum Gasteiger partial charge on any atom is 0.187 e. The lowest BCUT2D eigenvalue weighted by atomic mass is 10.1. The van der Waals surface area contributed by atoms with Crippen molar-refractivity contribution >= 4 is 11.1 Å². The molecule has 1 unspecified atom stereocenters. The zero-order chi connectivity index (χ0) is 25.5. The molecule has 1 aromatic rings. The Morgan fingerprint density at radius 1 is 0.472 bits per heavy atom. The van der Waals surface area contributed by atoms with Gasteiger partial charge in [0.15, 0.2) is 11.1 Å². The molecule has 1 N–H and O–H groups in total. The summed E-state index contributed by atoms with van der Waals surface area (Å²) in [5.74, 6) is 0. The van der Waals surface area contributed by atoms with Crippen molar-refractivity contribution in [1.82, 2.24) is 0 Å². The maximum atomic E-state index is 12.0. The number of hydrogen-bond acceptors (Lipinski definition) is 10. The third kappa shape index (κ3) is 15.3. The van der Waals surface area contributed by atoms with E-state index in [1.165, 1.54) is 0 Å². The molecule has 1 heterocycles. The summed E-state index contributed by atoms with van der Waals surface area (Å²) in [6.07, 6.45) is 0. The van der Waals surface area contributed by atoms with Gasteiger partial charge in [0.25, 0.3) is 0 Å². The molecule has 2 bridgehead atoms. The highest BCUT2D eigenvalue weighted by molar-refractivity contribution is 7.79. The lowest BCUT2D eigenvalue weighted by Gasteiger charge is -2.13.